The van der Waals surface area contributed by atoms with Crippen LogP contribution in [0.15, 0.2) is 23.6 Å². The Bertz CT molecular complexity index is 555. The Morgan fingerprint density at radius 1 is 1.50 bits per heavy atom. The lowest BCUT2D eigenvalue weighted by Gasteiger charge is -1.97. The van der Waals surface area contributed by atoms with Crippen molar-refractivity contribution in [1.29, 1.82) is 0 Å². The van der Waals surface area contributed by atoms with Gasteiger partial charge >= 0.3 is 5.69 Å². The largest absolute Gasteiger partial charge is 0.375 e. The molecule has 0 aliphatic heterocycles. The molecule has 0 unspecified atom stereocenters. The van der Waals surface area contributed by atoms with Gasteiger partial charge in [0.05, 0.1) is 10.6 Å². The number of rotatable bonds is 2. The molecule has 1 aromatic carbocycles. The van der Waals surface area contributed by atoms with Crippen LogP contribution in [0.1, 0.15) is 0 Å². The van der Waals surface area contributed by atoms with Crippen molar-refractivity contribution in [3.8, 4) is 11.3 Å². The molecule has 0 atom stereocenters. The maximum Gasteiger partial charge on any atom is 0.304 e. The smallest absolute Gasteiger partial charge is 0.304 e. The molecule has 2 N–H and O–H groups in total. The van der Waals surface area contributed by atoms with Crippen molar-refractivity contribution in [1.82, 2.24) is 4.98 Å². The zero-order valence-corrected chi connectivity index (χ0v) is 8.70. The van der Waals surface area contributed by atoms with Crippen LogP contribution in [-0.4, -0.2) is 9.91 Å². The molecular weight excluding hydrogens is 233 g/mol. The summed E-state index contributed by atoms with van der Waals surface area (Å²) in [6, 6.07) is 3.63. The number of nitro benzene ring substituents is 1. The number of benzene rings is 1. The lowest BCUT2D eigenvalue weighted by atomic mass is 10.1. The van der Waals surface area contributed by atoms with Gasteiger partial charge in [-0.2, -0.15) is 4.39 Å². The summed E-state index contributed by atoms with van der Waals surface area (Å²) in [6.45, 7) is 0. The topological polar surface area (TPSA) is 82.0 Å². The van der Waals surface area contributed by atoms with Gasteiger partial charge in [0.15, 0.2) is 5.13 Å². The van der Waals surface area contributed by atoms with Crippen LogP contribution in [0.3, 0.4) is 0 Å². The molecule has 5 nitrogen and oxygen atoms in total. The molecule has 0 aliphatic rings. The zero-order chi connectivity index (χ0) is 11.7. The van der Waals surface area contributed by atoms with Crippen molar-refractivity contribution in [3.05, 3.63) is 39.5 Å². The first-order valence-corrected chi connectivity index (χ1v) is 5.11. The number of thiazole rings is 1. The van der Waals surface area contributed by atoms with Crippen LogP contribution in [0.4, 0.5) is 15.2 Å². The van der Waals surface area contributed by atoms with Crippen molar-refractivity contribution in [2.75, 3.05) is 5.73 Å². The van der Waals surface area contributed by atoms with E-state index in [-0.39, 0.29) is 0 Å². The molecule has 0 radical (unpaired) electrons. The van der Waals surface area contributed by atoms with E-state index in [9.17, 15) is 14.5 Å². The first-order chi connectivity index (χ1) is 7.58. The fourth-order valence-corrected chi connectivity index (χ4v) is 1.81. The third kappa shape index (κ3) is 1.84. The fourth-order valence-electron chi connectivity index (χ4n) is 1.23. The van der Waals surface area contributed by atoms with E-state index in [4.69, 9.17) is 5.73 Å². The van der Waals surface area contributed by atoms with Crippen molar-refractivity contribution in [2.24, 2.45) is 0 Å². The van der Waals surface area contributed by atoms with Crippen LogP contribution in [0.5, 0.6) is 0 Å². The van der Waals surface area contributed by atoms with Crippen LogP contribution < -0.4 is 5.73 Å². The standard InChI is InChI=1S/C9H6FN3O2S/c10-6-3-5(1-2-8(6)13(14)15)7-4-16-9(11)12-7/h1-4H,(H2,11,12). The van der Waals surface area contributed by atoms with E-state index in [0.29, 0.717) is 16.4 Å². The number of nitrogen functional groups attached to an aromatic ring is 1. The Morgan fingerprint density at radius 3 is 2.75 bits per heavy atom. The highest BCUT2D eigenvalue weighted by molar-refractivity contribution is 7.13. The summed E-state index contributed by atoms with van der Waals surface area (Å²) in [6.07, 6.45) is 0. The number of anilines is 1. The molecule has 0 saturated heterocycles. The van der Waals surface area contributed by atoms with Crippen molar-refractivity contribution in [3.63, 3.8) is 0 Å². The van der Waals surface area contributed by atoms with E-state index in [0.717, 1.165) is 12.1 Å². The summed E-state index contributed by atoms with van der Waals surface area (Å²) in [7, 11) is 0. The molecule has 1 heterocycles. The fraction of sp³-hybridized carbons (Fsp3) is 0. The predicted molar refractivity (Wildman–Crippen MR) is 58.6 cm³/mol. The molecule has 2 aromatic rings. The normalized spacial score (nSPS) is 10.3. The Morgan fingerprint density at radius 2 is 2.25 bits per heavy atom. The van der Waals surface area contributed by atoms with Crippen LogP contribution in [-0.2, 0) is 0 Å². The third-order valence-corrected chi connectivity index (χ3v) is 2.64. The highest BCUT2D eigenvalue weighted by atomic mass is 32.1. The first kappa shape index (κ1) is 10.5. The van der Waals surface area contributed by atoms with Gasteiger partial charge in [0.25, 0.3) is 0 Å². The summed E-state index contributed by atoms with van der Waals surface area (Å²) in [5, 5.41) is 12.4. The summed E-state index contributed by atoms with van der Waals surface area (Å²) in [4.78, 5) is 13.6. The number of nitrogens with zero attached hydrogens (tertiary/aromatic N) is 2. The molecular formula is C9H6FN3O2S. The number of hydrogen-bond donors (Lipinski definition) is 1. The van der Waals surface area contributed by atoms with Crippen LogP contribution in [0, 0.1) is 15.9 Å². The number of nitrogens with two attached hydrogens (primary N) is 1. The zero-order valence-electron chi connectivity index (χ0n) is 7.88. The molecule has 7 heteroatoms. The molecule has 0 bridgehead atoms. The van der Waals surface area contributed by atoms with E-state index in [2.05, 4.69) is 4.98 Å². The molecule has 82 valence electrons. The predicted octanol–water partition coefficient (Wildman–Crippen LogP) is 2.44. The lowest BCUT2D eigenvalue weighted by Crippen LogP contribution is -1.92. The quantitative estimate of drug-likeness (QED) is 0.644. The highest BCUT2D eigenvalue weighted by Gasteiger charge is 2.15. The van der Waals surface area contributed by atoms with Crippen molar-refractivity contribution < 1.29 is 9.31 Å². The maximum atomic E-state index is 13.3. The minimum Gasteiger partial charge on any atom is -0.375 e. The van der Waals surface area contributed by atoms with Crippen molar-refractivity contribution >= 4 is 22.2 Å². The van der Waals surface area contributed by atoms with E-state index in [1.807, 2.05) is 0 Å². The number of hydrogen-bond acceptors (Lipinski definition) is 5. The number of nitro groups is 1. The van der Waals surface area contributed by atoms with Gasteiger partial charge in [-0.1, -0.05) is 0 Å². The molecule has 0 fully saturated rings. The van der Waals surface area contributed by atoms with Crippen LogP contribution >= 0.6 is 11.3 Å². The Kier molecular flexibility index (Phi) is 2.53. The minimum atomic E-state index is -0.880. The second-order valence-corrected chi connectivity index (χ2v) is 3.88. The van der Waals surface area contributed by atoms with Crippen molar-refractivity contribution in [2.45, 2.75) is 0 Å². The number of halogens is 1. The van der Waals surface area contributed by atoms with Gasteiger partial charge in [-0.3, -0.25) is 10.1 Å². The minimum absolute atomic E-state index is 0.369. The van der Waals surface area contributed by atoms with E-state index < -0.39 is 16.4 Å². The van der Waals surface area contributed by atoms with Crippen LogP contribution in [0.25, 0.3) is 11.3 Å². The Hall–Kier alpha value is -2.02. The second-order valence-electron chi connectivity index (χ2n) is 2.99. The van der Waals surface area contributed by atoms with E-state index >= 15 is 0 Å². The molecule has 2 rings (SSSR count). The highest BCUT2D eigenvalue weighted by Crippen LogP contribution is 2.27. The Labute approximate surface area is 93.5 Å². The molecule has 0 aliphatic carbocycles. The maximum absolute atomic E-state index is 13.3. The van der Waals surface area contributed by atoms with Gasteiger partial charge in [-0.15, -0.1) is 11.3 Å². The first-order valence-electron chi connectivity index (χ1n) is 4.23. The van der Waals surface area contributed by atoms with Gasteiger partial charge in [-0.05, 0) is 12.1 Å². The summed E-state index contributed by atoms with van der Waals surface area (Å²) in [5.74, 6) is -0.880. The SMILES string of the molecule is Nc1nc(-c2ccc([N+](=O)[O-])c(F)c2)cs1. The second kappa shape index (κ2) is 3.86. The van der Waals surface area contributed by atoms with E-state index in [1.165, 1.54) is 17.4 Å². The average Bonchev–Trinajstić information content (AvgIpc) is 2.64. The molecule has 0 spiro atoms. The van der Waals surface area contributed by atoms with Crippen LogP contribution in [0.2, 0.25) is 0 Å². The summed E-state index contributed by atoms with van der Waals surface area (Å²) >= 11 is 1.23. The summed E-state index contributed by atoms with van der Waals surface area (Å²) < 4.78 is 13.3. The third-order valence-electron chi connectivity index (χ3n) is 1.96. The molecule has 0 saturated carbocycles. The average molecular weight is 239 g/mol. The van der Waals surface area contributed by atoms with Gasteiger partial charge in [-0.25, -0.2) is 4.98 Å². The van der Waals surface area contributed by atoms with Gasteiger partial charge in [0, 0.05) is 17.0 Å². The van der Waals surface area contributed by atoms with Gasteiger partial charge < -0.3 is 5.73 Å². The molecule has 16 heavy (non-hydrogen) atoms. The van der Waals surface area contributed by atoms with Gasteiger partial charge in [0.2, 0.25) is 5.82 Å². The lowest BCUT2D eigenvalue weighted by molar-refractivity contribution is -0.387. The van der Waals surface area contributed by atoms with E-state index in [1.54, 1.807) is 5.38 Å². The molecule has 0 amide bonds. The Balaban J connectivity index is 2.45. The molecule has 1 aromatic heterocycles. The monoisotopic (exact) mass is 239 g/mol. The number of aromatic nitrogens is 1. The summed E-state index contributed by atoms with van der Waals surface area (Å²) in [5.41, 5.74) is 5.87. The van der Waals surface area contributed by atoms with Gasteiger partial charge in [0.1, 0.15) is 0 Å².